The molecule has 2 aromatic carbocycles. The van der Waals surface area contributed by atoms with Crippen LogP contribution in [0.15, 0.2) is 46.9 Å². The van der Waals surface area contributed by atoms with Crippen molar-refractivity contribution in [2.75, 3.05) is 36.0 Å². The second-order valence-corrected chi connectivity index (χ2v) is 9.44. The van der Waals surface area contributed by atoms with E-state index in [9.17, 15) is 14.4 Å². The van der Waals surface area contributed by atoms with Crippen LogP contribution < -0.4 is 9.80 Å². The normalized spacial score (nSPS) is 16.6. The number of piperazine rings is 1. The molecule has 0 saturated carbocycles. The van der Waals surface area contributed by atoms with Gasteiger partial charge in [-0.25, -0.2) is 9.69 Å². The highest BCUT2D eigenvalue weighted by molar-refractivity contribution is 9.10. The largest absolute Gasteiger partial charge is 0.444 e. The van der Waals surface area contributed by atoms with Gasteiger partial charge in [-0.3, -0.25) is 9.59 Å². The van der Waals surface area contributed by atoms with E-state index in [-0.39, 0.29) is 17.9 Å². The molecule has 1 saturated heterocycles. The predicted octanol–water partition coefficient (Wildman–Crippen LogP) is 4.31. The van der Waals surface area contributed by atoms with E-state index < -0.39 is 5.60 Å². The molecular weight excluding hydrogens is 462 g/mol. The summed E-state index contributed by atoms with van der Waals surface area (Å²) in [5.41, 5.74) is 1.80. The standard InChI is InChI=1S/C23H24BrN3O4/c1-23(2,3)31-22(30)26-12-10-25(11-13-26)19-9-8-15(14-18(19)24)27-20(28)16-6-4-5-7-17(16)21(27)29/h4-9,14H,10-13H2,1-3H3. The van der Waals surface area contributed by atoms with Crippen molar-refractivity contribution in [3.8, 4) is 0 Å². The molecule has 0 radical (unpaired) electrons. The summed E-state index contributed by atoms with van der Waals surface area (Å²) in [7, 11) is 0. The van der Waals surface area contributed by atoms with Crippen molar-refractivity contribution in [1.29, 1.82) is 0 Å². The number of anilines is 2. The van der Waals surface area contributed by atoms with E-state index in [1.807, 2.05) is 26.8 Å². The van der Waals surface area contributed by atoms with Crippen molar-refractivity contribution in [3.63, 3.8) is 0 Å². The molecule has 8 heteroatoms. The Kier molecular flexibility index (Phi) is 5.51. The van der Waals surface area contributed by atoms with Crippen molar-refractivity contribution in [2.24, 2.45) is 0 Å². The molecule has 3 amide bonds. The Labute approximate surface area is 189 Å². The zero-order valence-electron chi connectivity index (χ0n) is 17.7. The SMILES string of the molecule is CC(C)(C)OC(=O)N1CCN(c2ccc(N3C(=O)c4ccccc4C3=O)cc2Br)CC1. The number of imide groups is 1. The highest BCUT2D eigenvalue weighted by Gasteiger charge is 2.36. The van der Waals surface area contributed by atoms with E-state index in [1.54, 1.807) is 41.3 Å². The van der Waals surface area contributed by atoms with Crippen molar-refractivity contribution < 1.29 is 19.1 Å². The second kappa shape index (κ2) is 8.00. The Hall–Kier alpha value is -2.87. The molecule has 0 atom stereocenters. The lowest BCUT2D eigenvalue weighted by molar-refractivity contribution is 0.0240. The summed E-state index contributed by atoms with van der Waals surface area (Å²) in [6.45, 7) is 7.99. The van der Waals surface area contributed by atoms with Gasteiger partial charge in [0, 0.05) is 30.7 Å². The smallest absolute Gasteiger partial charge is 0.410 e. The van der Waals surface area contributed by atoms with Crippen LogP contribution in [0.5, 0.6) is 0 Å². The molecular formula is C23H24BrN3O4. The van der Waals surface area contributed by atoms with E-state index in [0.717, 1.165) is 10.2 Å². The molecule has 7 nitrogen and oxygen atoms in total. The number of ether oxygens (including phenoxy) is 1. The van der Waals surface area contributed by atoms with Gasteiger partial charge < -0.3 is 14.5 Å². The first-order valence-electron chi connectivity index (χ1n) is 10.2. The second-order valence-electron chi connectivity index (χ2n) is 8.58. The average Bonchev–Trinajstić information content (AvgIpc) is 2.97. The van der Waals surface area contributed by atoms with Gasteiger partial charge in [-0.15, -0.1) is 0 Å². The first kappa shape index (κ1) is 21.4. The third kappa shape index (κ3) is 4.17. The van der Waals surface area contributed by atoms with Crippen LogP contribution in [0.4, 0.5) is 16.2 Å². The maximum absolute atomic E-state index is 12.7. The Bertz CT molecular complexity index is 1020. The van der Waals surface area contributed by atoms with Crippen LogP contribution in [-0.4, -0.2) is 54.6 Å². The van der Waals surface area contributed by atoms with Crippen LogP contribution in [0.3, 0.4) is 0 Å². The third-order valence-corrected chi connectivity index (χ3v) is 5.89. The number of hydrogen-bond acceptors (Lipinski definition) is 5. The number of halogens is 1. The highest BCUT2D eigenvalue weighted by Crippen LogP contribution is 2.35. The Morgan fingerprint density at radius 1 is 0.935 bits per heavy atom. The molecule has 0 N–H and O–H groups in total. The van der Waals surface area contributed by atoms with Crippen LogP contribution in [0.2, 0.25) is 0 Å². The summed E-state index contributed by atoms with van der Waals surface area (Å²) in [5.74, 6) is -0.627. The lowest BCUT2D eigenvalue weighted by Gasteiger charge is -2.37. The van der Waals surface area contributed by atoms with Crippen molar-refractivity contribution >= 4 is 45.2 Å². The molecule has 2 heterocycles. The molecule has 4 rings (SSSR count). The summed E-state index contributed by atoms with van der Waals surface area (Å²) in [5, 5.41) is 0. The Morgan fingerprint density at radius 3 is 2.03 bits per heavy atom. The molecule has 0 aliphatic carbocycles. The van der Waals surface area contributed by atoms with Gasteiger partial charge in [0.15, 0.2) is 0 Å². The van der Waals surface area contributed by atoms with Crippen LogP contribution >= 0.6 is 15.9 Å². The topological polar surface area (TPSA) is 70.2 Å². The molecule has 0 aromatic heterocycles. The van der Waals surface area contributed by atoms with Gasteiger partial charge in [-0.1, -0.05) is 12.1 Å². The summed E-state index contributed by atoms with van der Waals surface area (Å²) in [6.07, 6.45) is -0.299. The first-order valence-corrected chi connectivity index (χ1v) is 11.0. The molecule has 162 valence electrons. The number of nitrogens with zero attached hydrogens (tertiary/aromatic N) is 3. The zero-order valence-corrected chi connectivity index (χ0v) is 19.3. The minimum atomic E-state index is -0.517. The van der Waals surface area contributed by atoms with Crippen LogP contribution in [-0.2, 0) is 4.74 Å². The van der Waals surface area contributed by atoms with Gasteiger partial charge in [0.2, 0.25) is 0 Å². The highest BCUT2D eigenvalue weighted by atomic mass is 79.9. The summed E-state index contributed by atoms with van der Waals surface area (Å²) < 4.78 is 6.24. The number of carbonyl (C=O) groups excluding carboxylic acids is 3. The summed E-state index contributed by atoms with van der Waals surface area (Å²) in [4.78, 5) is 42.8. The van der Waals surface area contributed by atoms with Crippen LogP contribution in [0, 0.1) is 0 Å². The quantitative estimate of drug-likeness (QED) is 0.592. The number of benzene rings is 2. The Balaban J connectivity index is 1.47. The van der Waals surface area contributed by atoms with Gasteiger partial charge >= 0.3 is 6.09 Å². The molecule has 31 heavy (non-hydrogen) atoms. The maximum Gasteiger partial charge on any atom is 0.410 e. The van der Waals surface area contributed by atoms with E-state index in [0.29, 0.717) is 43.0 Å². The van der Waals surface area contributed by atoms with Gasteiger partial charge in [0.25, 0.3) is 11.8 Å². The van der Waals surface area contributed by atoms with E-state index in [2.05, 4.69) is 20.8 Å². The number of fused-ring (bicyclic) bond motifs is 1. The number of rotatable bonds is 2. The first-order chi connectivity index (χ1) is 14.7. The van der Waals surface area contributed by atoms with Gasteiger partial charge in [0.1, 0.15) is 5.60 Å². The molecule has 0 spiro atoms. The third-order valence-electron chi connectivity index (χ3n) is 5.26. The molecule has 2 aliphatic heterocycles. The fourth-order valence-electron chi connectivity index (χ4n) is 3.77. The average molecular weight is 486 g/mol. The lowest BCUT2D eigenvalue weighted by atomic mass is 10.1. The number of carbonyl (C=O) groups is 3. The number of hydrogen-bond donors (Lipinski definition) is 0. The molecule has 2 aliphatic rings. The van der Waals surface area contributed by atoms with Crippen molar-refractivity contribution in [1.82, 2.24) is 4.90 Å². The minimum Gasteiger partial charge on any atom is -0.444 e. The fraction of sp³-hybridized carbons (Fsp3) is 0.348. The maximum atomic E-state index is 12.7. The van der Waals surface area contributed by atoms with Crippen molar-refractivity contribution in [2.45, 2.75) is 26.4 Å². The van der Waals surface area contributed by atoms with Gasteiger partial charge in [0.05, 0.1) is 22.5 Å². The molecule has 0 bridgehead atoms. The van der Waals surface area contributed by atoms with E-state index >= 15 is 0 Å². The predicted molar refractivity (Wildman–Crippen MR) is 122 cm³/mol. The van der Waals surface area contributed by atoms with Gasteiger partial charge in [-0.05, 0) is 67.0 Å². The minimum absolute atomic E-state index is 0.299. The molecule has 2 aromatic rings. The van der Waals surface area contributed by atoms with E-state index in [1.165, 1.54) is 4.90 Å². The summed E-state index contributed by atoms with van der Waals surface area (Å²) in [6, 6.07) is 12.3. The van der Waals surface area contributed by atoms with Gasteiger partial charge in [-0.2, -0.15) is 0 Å². The Morgan fingerprint density at radius 2 is 1.52 bits per heavy atom. The van der Waals surface area contributed by atoms with Crippen molar-refractivity contribution in [3.05, 3.63) is 58.1 Å². The zero-order chi connectivity index (χ0) is 22.3. The molecule has 0 unspecified atom stereocenters. The number of amides is 3. The van der Waals surface area contributed by atoms with Crippen LogP contribution in [0.25, 0.3) is 0 Å². The molecule has 1 fully saturated rings. The summed E-state index contributed by atoms with van der Waals surface area (Å²) >= 11 is 3.59. The fourth-order valence-corrected chi connectivity index (χ4v) is 4.39. The van der Waals surface area contributed by atoms with E-state index in [4.69, 9.17) is 4.74 Å². The van der Waals surface area contributed by atoms with Crippen LogP contribution in [0.1, 0.15) is 41.5 Å². The monoisotopic (exact) mass is 485 g/mol. The lowest BCUT2D eigenvalue weighted by Crippen LogP contribution is -2.50.